The lowest BCUT2D eigenvalue weighted by Gasteiger charge is -2.02. The van der Waals surface area contributed by atoms with Crippen LogP contribution in [0.4, 0.5) is 0 Å². The van der Waals surface area contributed by atoms with Gasteiger partial charge in [-0.1, -0.05) is 48.0 Å². The van der Waals surface area contributed by atoms with Gasteiger partial charge in [0, 0.05) is 21.5 Å². The molecule has 0 spiro atoms. The van der Waals surface area contributed by atoms with Crippen LogP contribution in [0.5, 0.6) is 0 Å². The van der Waals surface area contributed by atoms with E-state index in [4.69, 9.17) is 11.6 Å². The van der Waals surface area contributed by atoms with Crippen LogP contribution < -0.4 is 4.67 Å². The van der Waals surface area contributed by atoms with E-state index >= 15 is 0 Å². The molecule has 0 bridgehead atoms. The smallest absolute Gasteiger partial charge is 0.267 e. The van der Waals surface area contributed by atoms with Crippen molar-refractivity contribution in [2.75, 3.05) is 0 Å². The first-order chi connectivity index (χ1) is 13.1. The summed E-state index contributed by atoms with van der Waals surface area (Å²) < 4.78 is 1.99. The molecule has 4 aromatic rings. The molecule has 0 radical (unpaired) electrons. The zero-order valence-corrected chi connectivity index (χ0v) is 15.6. The number of hydrogen-bond donors (Lipinski definition) is 0. The van der Waals surface area contributed by atoms with E-state index in [0.717, 1.165) is 11.5 Å². The summed E-state index contributed by atoms with van der Waals surface area (Å²) in [5.41, 5.74) is 1.71. The fraction of sp³-hybridized carbons (Fsp3) is 0. The average molecular weight is 393 g/mol. The molecule has 0 atom stereocenters. The van der Waals surface area contributed by atoms with Crippen LogP contribution in [0.25, 0.3) is 10.9 Å². The van der Waals surface area contributed by atoms with E-state index in [1.165, 1.54) is 3.96 Å². The van der Waals surface area contributed by atoms with E-state index in [2.05, 4.69) is 4.99 Å². The van der Waals surface area contributed by atoms with E-state index in [1.807, 2.05) is 24.3 Å². The second-order valence-electron chi connectivity index (χ2n) is 5.81. The molecular weight excluding hydrogens is 380 g/mol. The second kappa shape index (κ2) is 7.31. The summed E-state index contributed by atoms with van der Waals surface area (Å²) in [6.07, 6.45) is 0. The van der Waals surface area contributed by atoms with Crippen molar-refractivity contribution in [3.63, 3.8) is 0 Å². The molecule has 0 saturated carbocycles. The van der Waals surface area contributed by atoms with Crippen LogP contribution in [0.3, 0.4) is 0 Å². The molecule has 1 amide bonds. The molecule has 0 unspecified atom stereocenters. The van der Waals surface area contributed by atoms with Crippen LogP contribution in [0.2, 0.25) is 5.02 Å². The molecule has 0 saturated heterocycles. The molecule has 3 aromatic carbocycles. The van der Waals surface area contributed by atoms with Crippen LogP contribution in [0.15, 0.2) is 83.9 Å². The van der Waals surface area contributed by atoms with Gasteiger partial charge in [-0.05, 0) is 54.0 Å². The molecule has 4 rings (SSSR count). The van der Waals surface area contributed by atoms with Crippen LogP contribution in [0, 0.1) is 0 Å². The Morgan fingerprint density at radius 3 is 2.15 bits per heavy atom. The van der Waals surface area contributed by atoms with Crippen LogP contribution >= 0.6 is 23.1 Å². The maximum atomic E-state index is 12.9. The molecule has 0 aliphatic carbocycles. The Morgan fingerprint density at radius 1 is 0.852 bits per heavy atom. The highest BCUT2D eigenvalue weighted by Crippen LogP contribution is 2.21. The molecule has 0 fully saturated rings. The highest BCUT2D eigenvalue weighted by atomic mass is 35.5. The lowest BCUT2D eigenvalue weighted by Crippen LogP contribution is -2.09. The molecule has 0 N–H and O–H groups in total. The Morgan fingerprint density at radius 2 is 1.48 bits per heavy atom. The van der Waals surface area contributed by atoms with Crippen molar-refractivity contribution in [1.29, 1.82) is 0 Å². The quantitative estimate of drug-likeness (QED) is 0.492. The summed E-state index contributed by atoms with van der Waals surface area (Å²) >= 11 is 7.26. The van der Waals surface area contributed by atoms with Gasteiger partial charge < -0.3 is 0 Å². The van der Waals surface area contributed by atoms with Gasteiger partial charge in [0.25, 0.3) is 11.8 Å². The predicted octanol–water partition coefficient (Wildman–Crippen LogP) is 4.79. The van der Waals surface area contributed by atoms with E-state index in [0.29, 0.717) is 31.7 Å². The molecular formula is C21H13ClN2O2S. The lowest BCUT2D eigenvalue weighted by molar-refractivity contribution is 0.0972. The third-order valence-corrected chi connectivity index (χ3v) is 5.28. The molecule has 4 nitrogen and oxygen atoms in total. The fourth-order valence-electron chi connectivity index (χ4n) is 2.71. The maximum Gasteiger partial charge on any atom is 0.278 e. The summed E-state index contributed by atoms with van der Waals surface area (Å²) in [5.74, 6) is -0.542. The van der Waals surface area contributed by atoms with Gasteiger partial charge in [0.2, 0.25) is 0 Å². The first-order valence-corrected chi connectivity index (χ1v) is 9.34. The monoisotopic (exact) mass is 392 g/mol. The van der Waals surface area contributed by atoms with Crippen molar-refractivity contribution < 1.29 is 9.59 Å². The molecule has 0 aliphatic heterocycles. The molecule has 1 aromatic heterocycles. The second-order valence-corrected chi connectivity index (χ2v) is 7.18. The zero-order valence-electron chi connectivity index (χ0n) is 14.0. The number of carbonyl (C=O) groups is 2. The van der Waals surface area contributed by atoms with Gasteiger partial charge in [0.05, 0.1) is 5.52 Å². The van der Waals surface area contributed by atoms with Crippen molar-refractivity contribution in [1.82, 2.24) is 3.96 Å². The highest BCUT2D eigenvalue weighted by Gasteiger charge is 2.15. The third-order valence-electron chi connectivity index (χ3n) is 4.01. The maximum absolute atomic E-state index is 12.9. The number of nitrogens with zero attached hydrogens (tertiary/aromatic N) is 2. The van der Waals surface area contributed by atoms with E-state index in [1.54, 1.807) is 54.6 Å². The molecule has 27 heavy (non-hydrogen) atoms. The summed E-state index contributed by atoms with van der Waals surface area (Å²) in [6.45, 7) is 0. The normalized spacial score (nSPS) is 11.7. The number of carbonyl (C=O) groups excluding carboxylic acids is 2. The Balaban J connectivity index is 1.89. The number of amides is 1. The number of hydrogen-bond acceptors (Lipinski definition) is 3. The fourth-order valence-corrected chi connectivity index (χ4v) is 3.88. The van der Waals surface area contributed by atoms with Gasteiger partial charge >= 0.3 is 0 Å². The van der Waals surface area contributed by atoms with Gasteiger partial charge in [-0.25, -0.2) is 3.96 Å². The standard InChI is InChI=1S/C21H13ClN2O2S/c22-16-11-12-18-17(13-16)20(23-19(25)14-7-3-1-4-8-14)27-24(18)21(26)15-9-5-2-6-10-15/h1-13H. The number of benzene rings is 3. The Bertz CT molecular complexity index is 1210. The molecule has 0 aliphatic rings. The van der Waals surface area contributed by atoms with E-state index in [-0.39, 0.29) is 11.8 Å². The van der Waals surface area contributed by atoms with Gasteiger partial charge in [0.1, 0.15) is 4.67 Å². The number of aromatic nitrogens is 1. The predicted molar refractivity (Wildman–Crippen MR) is 107 cm³/mol. The average Bonchev–Trinajstić information content (AvgIpc) is 3.06. The van der Waals surface area contributed by atoms with Gasteiger partial charge in [0.15, 0.2) is 0 Å². The summed E-state index contributed by atoms with van der Waals surface area (Å²) in [6, 6.07) is 23.0. The summed E-state index contributed by atoms with van der Waals surface area (Å²) in [7, 11) is 0. The molecule has 6 heteroatoms. The van der Waals surface area contributed by atoms with Crippen molar-refractivity contribution in [3.05, 3.63) is 99.7 Å². The third kappa shape index (κ3) is 3.47. The minimum Gasteiger partial charge on any atom is -0.267 e. The topological polar surface area (TPSA) is 51.4 Å². The summed E-state index contributed by atoms with van der Waals surface area (Å²) in [4.78, 5) is 29.7. The molecule has 1 heterocycles. The first-order valence-electron chi connectivity index (χ1n) is 8.19. The van der Waals surface area contributed by atoms with Crippen molar-refractivity contribution in [3.8, 4) is 0 Å². The van der Waals surface area contributed by atoms with Crippen molar-refractivity contribution in [2.45, 2.75) is 0 Å². The van der Waals surface area contributed by atoms with Crippen molar-refractivity contribution in [2.24, 2.45) is 4.99 Å². The largest absolute Gasteiger partial charge is 0.278 e. The van der Waals surface area contributed by atoms with E-state index < -0.39 is 0 Å². The van der Waals surface area contributed by atoms with E-state index in [9.17, 15) is 9.59 Å². The summed E-state index contributed by atoms with van der Waals surface area (Å²) in [5, 5.41) is 1.18. The Hall–Kier alpha value is -3.02. The minimum absolute atomic E-state index is 0.179. The van der Waals surface area contributed by atoms with Crippen LogP contribution in [0.1, 0.15) is 20.7 Å². The number of fused-ring (bicyclic) bond motifs is 1. The highest BCUT2D eigenvalue weighted by molar-refractivity contribution is 7.06. The first kappa shape index (κ1) is 17.4. The van der Waals surface area contributed by atoms with Crippen molar-refractivity contribution >= 4 is 45.9 Å². The number of rotatable bonds is 2. The van der Waals surface area contributed by atoms with Gasteiger partial charge in [-0.3, -0.25) is 9.59 Å². The van der Waals surface area contributed by atoms with Gasteiger partial charge in [-0.15, -0.1) is 0 Å². The van der Waals surface area contributed by atoms with Crippen LogP contribution in [-0.2, 0) is 0 Å². The Kier molecular flexibility index (Phi) is 4.71. The minimum atomic E-state index is -0.363. The molecule has 132 valence electrons. The van der Waals surface area contributed by atoms with Gasteiger partial charge in [-0.2, -0.15) is 4.99 Å². The van der Waals surface area contributed by atoms with Crippen LogP contribution in [-0.4, -0.2) is 15.8 Å². The lowest BCUT2D eigenvalue weighted by atomic mass is 10.2. The SMILES string of the molecule is O=C(N=c1sn(C(=O)c2ccccc2)c2ccc(Cl)cc12)c1ccccc1. The zero-order chi connectivity index (χ0) is 18.8. The Labute approximate surface area is 164 Å². The number of halogens is 1.